The smallest absolute Gasteiger partial charge is 0.283 e. The number of halogens is 3. The van der Waals surface area contributed by atoms with Crippen LogP contribution in [0.15, 0.2) is 40.9 Å². The molecule has 0 aliphatic rings. The van der Waals surface area contributed by atoms with Crippen LogP contribution in [0.25, 0.3) is 0 Å². The average molecular weight is 377 g/mol. The fourth-order valence-electron chi connectivity index (χ4n) is 1.56. The summed E-state index contributed by atoms with van der Waals surface area (Å²) in [6.07, 6.45) is 0. The van der Waals surface area contributed by atoms with Crippen LogP contribution in [0.2, 0.25) is 10.0 Å². The lowest BCUT2D eigenvalue weighted by molar-refractivity contribution is -0.385. The van der Waals surface area contributed by atoms with Crippen LogP contribution in [-0.2, 0) is 6.61 Å². The first-order valence-corrected chi connectivity index (χ1v) is 7.03. The predicted octanol–water partition coefficient (Wildman–Crippen LogP) is 5.24. The van der Waals surface area contributed by atoms with E-state index in [4.69, 9.17) is 27.9 Å². The molecule has 7 heteroatoms. The molecule has 0 heterocycles. The van der Waals surface area contributed by atoms with Crippen molar-refractivity contribution in [2.45, 2.75) is 6.61 Å². The minimum atomic E-state index is -0.458. The zero-order valence-electron chi connectivity index (χ0n) is 9.98. The fraction of sp³-hybridized carbons (Fsp3) is 0.0769. The summed E-state index contributed by atoms with van der Waals surface area (Å²) in [7, 11) is 0. The van der Waals surface area contributed by atoms with Crippen LogP contribution < -0.4 is 4.74 Å². The van der Waals surface area contributed by atoms with Gasteiger partial charge in [-0.15, -0.1) is 0 Å². The molecule has 0 radical (unpaired) electrons. The van der Waals surface area contributed by atoms with Gasteiger partial charge in [-0.25, -0.2) is 0 Å². The highest BCUT2D eigenvalue weighted by Gasteiger charge is 2.15. The standard InChI is InChI=1S/C13H8BrCl2NO3/c14-13-8(2-1-3-11(13)17(18)19)7-20-12-6-9(15)4-5-10(12)16/h1-6H,7H2. The molecule has 0 N–H and O–H groups in total. The number of hydrogen-bond acceptors (Lipinski definition) is 3. The second-order valence-electron chi connectivity index (χ2n) is 3.87. The molecule has 0 saturated carbocycles. The Morgan fingerprint density at radius 1 is 1.25 bits per heavy atom. The minimum Gasteiger partial charge on any atom is -0.487 e. The Morgan fingerprint density at radius 3 is 2.70 bits per heavy atom. The van der Waals surface area contributed by atoms with Gasteiger partial charge in [-0.2, -0.15) is 0 Å². The van der Waals surface area contributed by atoms with Crippen LogP contribution in [0, 0.1) is 10.1 Å². The van der Waals surface area contributed by atoms with Crippen LogP contribution >= 0.6 is 39.1 Å². The van der Waals surface area contributed by atoms with Gasteiger partial charge < -0.3 is 4.74 Å². The molecule has 0 bridgehead atoms. The van der Waals surface area contributed by atoms with E-state index in [0.717, 1.165) is 0 Å². The van der Waals surface area contributed by atoms with Crippen molar-refractivity contribution in [3.8, 4) is 5.75 Å². The molecule has 2 aromatic carbocycles. The zero-order chi connectivity index (χ0) is 14.7. The molecule has 4 nitrogen and oxygen atoms in total. The van der Waals surface area contributed by atoms with Gasteiger partial charge in [0.25, 0.3) is 5.69 Å². The summed E-state index contributed by atoms with van der Waals surface area (Å²) >= 11 is 15.0. The molecule has 0 spiro atoms. The molecule has 104 valence electrons. The number of nitrogens with zero attached hydrogens (tertiary/aromatic N) is 1. The van der Waals surface area contributed by atoms with Crippen molar-refractivity contribution < 1.29 is 9.66 Å². The Balaban J connectivity index is 2.21. The number of rotatable bonds is 4. The maximum absolute atomic E-state index is 10.8. The zero-order valence-corrected chi connectivity index (χ0v) is 13.1. The lowest BCUT2D eigenvalue weighted by Crippen LogP contribution is -1.99. The van der Waals surface area contributed by atoms with Gasteiger partial charge in [0.1, 0.15) is 16.8 Å². The van der Waals surface area contributed by atoms with Gasteiger partial charge >= 0.3 is 0 Å². The molecule has 0 aromatic heterocycles. The van der Waals surface area contributed by atoms with Gasteiger partial charge in [0, 0.05) is 22.7 Å². The van der Waals surface area contributed by atoms with E-state index in [9.17, 15) is 10.1 Å². The molecule has 2 aromatic rings. The van der Waals surface area contributed by atoms with Gasteiger partial charge in [-0.05, 0) is 28.1 Å². The third kappa shape index (κ3) is 3.42. The Bertz CT molecular complexity index is 664. The number of ether oxygens (including phenoxy) is 1. The summed E-state index contributed by atoms with van der Waals surface area (Å²) in [4.78, 5) is 10.4. The van der Waals surface area contributed by atoms with Crippen molar-refractivity contribution in [1.29, 1.82) is 0 Å². The van der Waals surface area contributed by atoms with Crippen LogP contribution in [0.5, 0.6) is 5.75 Å². The van der Waals surface area contributed by atoms with Gasteiger partial charge in [0.15, 0.2) is 0 Å². The second kappa shape index (κ2) is 6.43. The van der Waals surface area contributed by atoms with Gasteiger partial charge in [-0.3, -0.25) is 10.1 Å². The third-order valence-electron chi connectivity index (χ3n) is 2.53. The Hall–Kier alpha value is -1.30. The van der Waals surface area contributed by atoms with Crippen LogP contribution in [0.3, 0.4) is 0 Å². The van der Waals surface area contributed by atoms with Crippen molar-refractivity contribution >= 4 is 44.8 Å². The van der Waals surface area contributed by atoms with Crippen molar-refractivity contribution in [2.24, 2.45) is 0 Å². The van der Waals surface area contributed by atoms with E-state index in [1.54, 1.807) is 30.3 Å². The Labute approximate surface area is 133 Å². The highest BCUT2D eigenvalue weighted by atomic mass is 79.9. The molecule has 2 rings (SSSR count). The van der Waals surface area contributed by atoms with E-state index < -0.39 is 4.92 Å². The largest absolute Gasteiger partial charge is 0.487 e. The lowest BCUT2D eigenvalue weighted by Gasteiger charge is -2.09. The summed E-state index contributed by atoms with van der Waals surface area (Å²) in [5, 5.41) is 11.8. The molecule has 0 aliphatic heterocycles. The van der Waals surface area contributed by atoms with Crippen LogP contribution in [0.4, 0.5) is 5.69 Å². The highest BCUT2D eigenvalue weighted by Crippen LogP contribution is 2.31. The van der Waals surface area contributed by atoms with E-state index in [2.05, 4.69) is 15.9 Å². The summed E-state index contributed by atoms with van der Waals surface area (Å²) in [5.74, 6) is 0.428. The van der Waals surface area contributed by atoms with E-state index in [1.807, 2.05) is 0 Å². The van der Waals surface area contributed by atoms with Crippen molar-refractivity contribution in [3.05, 3.63) is 66.6 Å². The fourth-order valence-corrected chi connectivity index (χ4v) is 2.42. The quantitative estimate of drug-likeness (QED) is 0.541. The van der Waals surface area contributed by atoms with E-state index in [0.29, 0.717) is 25.8 Å². The van der Waals surface area contributed by atoms with Crippen LogP contribution in [0.1, 0.15) is 5.56 Å². The number of nitro groups is 1. The molecular formula is C13H8BrCl2NO3. The molecule has 0 fully saturated rings. The van der Waals surface area contributed by atoms with Gasteiger partial charge in [0.05, 0.1) is 9.95 Å². The maximum Gasteiger partial charge on any atom is 0.283 e. The first kappa shape index (κ1) is 15.1. The molecule has 0 atom stereocenters. The number of benzene rings is 2. The van der Waals surface area contributed by atoms with Crippen molar-refractivity contribution in [3.63, 3.8) is 0 Å². The molecule has 0 saturated heterocycles. The topological polar surface area (TPSA) is 52.4 Å². The molecule has 0 unspecified atom stereocenters. The molecule has 0 aliphatic carbocycles. The predicted molar refractivity (Wildman–Crippen MR) is 81.6 cm³/mol. The minimum absolute atomic E-state index is 0.0108. The van der Waals surface area contributed by atoms with Gasteiger partial charge in [-0.1, -0.05) is 35.3 Å². The van der Waals surface area contributed by atoms with Crippen LogP contribution in [-0.4, -0.2) is 4.92 Å². The maximum atomic E-state index is 10.8. The summed E-state index contributed by atoms with van der Waals surface area (Å²) in [6, 6.07) is 9.62. The van der Waals surface area contributed by atoms with Gasteiger partial charge in [0.2, 0.25) is 0 Å². The first-order chi connectivity index (χ1) is 9.49. The Morgan fingerprint density at radius 2 is 2.00 bits per heavy atom. The summed E-state index contributed by atoms with van der Waals surface area (Å²) in [6.45, 7) is 0.141. The third-order valence-corrected chi connectivity index (χ3v) is 3.99. The summed E-state index contributed by atoms with van der Waals surface area (Å²) in [5.41, 5.74) is 0.638. The first-order valence-electron chi connectivity index (χ1n) is 5.48. The Kier molecular flexibility index (Phi) is 4.86. The average Bonchev–Trinajstić information content (AvgIpc) is 2.41. The molecule has 0 amide bonds. The number of hydrogen-bond donors (Lipinski definition) is 0. The SMILES string of the molecule is O=[N+]([O-])c1cccc(COc2cc(Cl)ccc2Cl)c1Br. The highest BCUT2D eigenvalue weighted by molar-refractivity contribution is 9.10. The van der Waals surface area contributed by atoms with E-state index in [1.165, 1.54) is 6.07 Å². The summed E-state index contributed by atoms with van der Waals surface area (Å²) < 4.78 is 5.94. The monoisotopic (exact) mass is 375 g/mol. The lowest BCUT2D eigenvalue weighted by atomic mass is 10.2. The number of nitro benzene ring substituents is 1. The normalized spacial score (nSPS) is 10.3. The van der Waals surface area contributed by atoms with Crippen molar-refractivity contribution in [2.75, 3.05) is 0 Å². The second-order valence-corrected chi connectivity index (χ2v) is 5.51. The molecule has 20 heavy (non-hydrogen) atoms. The van der Waals surface area contributed by atoms with Crippen molar-refractivity contribution in [1.82, 2.24) is 0 Å². The van der Waals surface area contributed by atoms with E-state index >= 15 is 0 Å². The molecular weight excluding hydrogens is 369 g/mol. The van der Waals surface area contributed by atoms with E-state index in [-0.39, 0.29) is 12.3 Å².